The molecule has 36 heavy (non-hydrogen) atoms. The molecule has 9 N–H and O–H groups in total. The fraction of sp³-hybridized carbons (Fsp3) is 0.458. The first-order valence-electron chi connectivity index (χ1n) is 11.7. The highest BCUT2D eigenvalue weighted by Crippen LogP contribution is 2.19. The number of rotatable bonds is 13. The summed E-state index contributed by atoms with van der Waals surface area (Å²) in [5.41, 5.74) is 12.3. The summed E-state index contributed by atoms with van der Waals surface area (Å²) < 4.78 is 0. The fourth-order valence-electron chi connectivity index (χ4n) is 3.65. The van der Waals surface area contributed by atoms with Gasteiger partial charge in [-0.05, 0) is 24.5 Å². The number of hydrogen-bond acceptors (Lipinski definition) is 6. The van der Waals surface area contributed by atoms with Crippen LogP contribution in [0, 0.1) is 5.92 Å². The van der Waals surface area contributed by atoms with Crippen LogP contribution in [-0.4, -0.2) is 63.9 Å². The van der Waals surface area contributed by atoms with Crippen LogP contribution in [0.4, 0.5) is 0 Å². The Morgan fingerprint density at radius 1 is 0.972 bits per heavy atom. The van der Waals surface area contributed by atoms with Gasteiger partial charge in [-0.15, -0.1) is 0 Å². The molecule has 2 aromatic rings. The number of fused-ring (bicyclic) bond motifs is 1. The van der Waals surface area contributed by atoms with E-state index < -0.39 is 60.2 Å². The molecule has 0 saturated carbocycles. The highest BCUT2D eigenvalue weighted by Gasteiger charge is 2.33. The number of amides is 4. The van der Waals surface area contributed by atoms with E-state index in [0.717, 1.165) is 10.9 Å². The Balaban J connectivity index is 2.36. The Kier molecular flexibility index (Phi) is 9.97. The molecule has 5 unspecified atom stereocenters. The van der Waals surface area contributed by atoms with Crippen molar-refractivity contribution in [3.05, 3.63) is 36.0 Å². The number of nitrogens with one attached hydrogen (secondary N) is 4. The maximum absolute atomic E-state index is 13.3. The standard InChI is InChI=1S/C24H34N6O6/c1-4-12(2)20(30-21(32)13(3)25)23(34)28-17(22(33)29-18(24(35)36)10-19(26)31)9-14-11-27-16-8-6-5-7-15(14)16/h5-8,11-13,17-18,20,27H,4,9-10,25H2,1-3H3,(H2,26,31)(H,28,34)(H,29,33)(H,30,32)(H,35,36). The minimum Gasteiger partial charge on any atom is -0.480 e. The van der Waals surface area contributed by atoms with E-state index in [2.05, 4.69) is 20.9 Å². The third-order valence-electron chi connectivity index (χ3n) is 5.96. The van der Waals surface area contributed by atoms with Crippen molar-refractivity contribution in [1.82, 2.24) is 20.9 Å². The minimum absolute atomic E-state index is 0.0129. The van der Waals surface area contributed by atoms with Crippen LogP contribution in [0.5, 0.6) is 0 Å². The third-order valence-corrected chi connectivity index (χ3v) is 5.96. The summed E-state index contributed by atoms with van der Waals surface area (Å²) >= 11 is 0. The third kappa shape index (κ3) is 7.54. The summed E-state index contributed by atoms with van der Waals surface area (Å²) in [4.78, 5) is 64.6. The number of primary amides is 1. The van der Waals surface area contributed by atoms with Gasteiger partial charge < -0.3 is 37.5 Å². The van der Waals surface area contributed by atoms with E-state index in [4.69, 9.17) is 11.5 Å². The normalized spacial score (nSPS) is 15.2. The van der Waals surface area contributed by atoms with Crippen LogP contribution >= 0.6 is 0 Å². The van der Waals surface area contributed by atoms with E-state index >= 15 is 0 Å². The van der Waals surface area contributed by atoms with Gasteiger partial charge in [0.05, 0.1) is 12.5 Å². The van der Waals surface area contributed by atoms with Crippen molar-refractivity contribution in [1.29, 1.82) is 0 Å². The Labute approximate surface area is 208 Å². The largest absolute Gasteiger partial charge is 0.480 e. The lowest BCUT2D eigenvalue weighted by atomic mass is 9.96. The lowest BCUT2D eigenvalue weighted by molar-refractivity contribution is -0.143. The highest BCUT2D eigenvalue weighted by molar-refractivity contribution is 5.95. The van der Waals surface area contributed by atoms with Gasteiger partial charge in [-0.1, -0.05) is 38.5 Å². The Hall–Kier alpha value is -3.93. The molecule has 2 rings (SSSR count). The van der Waals surface area contributed by atoms with Crippen molar-refractivity contribution in [3.63, 3.8) is 0 Å². The number of carboxylic acids is 1. The summed E-state index contributed by atoms with van der Waals surface area (Å²) in [5, 5.41) is 17.8. The number of hydrogen-bond donors (Lipinski definition) is 7. The van der Waals surface area contributed by atoms with Crippen molar-refractivity contribution in [2.45, 2.75) is 64.2 Å². The Morgan fingerprint density at radius 3 is 2.19 bits per heavy atom. The number of carbonyl (C=O) groups excluding carboxylic acids is 4. The number of aliphatic carboxylic acids is 1. The molecule has 0 aliphatic heterocycles. The monoisotopic (exact) mass is 502 g/mol. The quantitative estimate of drug-likeness (QED) is 0.191. The number of carboxylic acid groups (broad SMARTS) is 1. The molecule has 5 atom stereocenters. The van der Waals surface area contributed by atoms with Gasteiger partial charge >= 0.3 is 5.97 Å². The molecule has 196 valence electrons. The molecule has 0 saturated heterocycles. The van der Waals surface area contributed by atoms with Gasteiger partial charge in [0, 0.05) is 23.5 Å². The molecule has 1 heterocycles. The van der Waals surface area contributed by atoms with Crippen molar-refractivity contribution < 1.29 is 29.1 Å². The number of carbonyl (C=O) groups is 5. The first-order chi connectivity index (χ1) is 16.9. The molecule has 0 aliphatic carbocycles. The molecule has 0 fully saturated rings. The summed E-state index contributed by atoms with van der Waals surface area (Å²) in [5.74, 6) is -4.60. The van der Waals surface area contributed by atoms with Crippen LogP contribution < -0.4 is 27.4 Å². The van der Waals surface area contributed by atoms with Crippen molar-refractivity contribution >= 4 is 40.5 Å². The second-order valence-electron chi connectivity index (χ2n) is 8.86. The molecule has 0 radical (unpaired) electrons. The Morgan fingerprint density at radius 2 is 1.61 bits per heavy atom. The van der Waals surface area contributed by atoms with Crippen LogP contribution in [0.2, 0.25) is 0 Å². The van der Waals surface area contributed by atoms with Gasteiger partial charge in [0.1, 0.15) is 18.1 Å². The zero-order chi connectivity index (χ0) is 27.0. The van der Waals surface area contributed by atoms with E-state index in [0.29, 0.717) is 12.0 Å². The van der Waals surface area contributed by atoms with Crippen LogP contribution in [0.15, 0.2) is 30.5 Å². The van der Waals surface area contributed by atoms with Gasteiger partial charge in [0.25, 0.3) is 0 Å². The molecule has 1 aromatic carbocycles. The van der Waals surface area contributed by atoms with Crippen molar-refractivity contribution in [2.75, 3.05) is 0 Å². The van der Waals surface area contributed by atoms with Crippen molar-refractivity contribution in [2.24, 2.45) is 17.4 Å². The molecule has 0 spiro atoms. The fourth-order valence-corrected chi connectivity index (χ4v) is 3.65. The number of benzene rings is 1. The van der Waals surface area contributed by atoms with Crippen molar-refractivity contribution in [3.8, 4) is 0 Å². The number of aromatic nitrogens is 1. The zero-order valence-electron chi connectivity index (χ0n) is 20.5. The SMILES string of the molecule is CCC(C)C(NC(=O)C(C)N)C(=O)NC(Cc1c[nH]c2ccccc12)C(=O)NC(CC(N)=O)C(=O)O. The zero-order valence-corrected chi connectivity index (χ0v) is 20.5. The topological polar surface area (TPSA) is 209 Å². The van der Waals surface area contributed by atoms with Crippen LogP contribution in [0.1, 0.15) is 39.2 Å². The van der Waals surface area contributed by atoms with E-state index in [1.165, 1.54) is 6.92 Å². The number of H-pyrrole nitrogens is 1. The summed E-state index contributed by atoms with van der Waals surface area (Å²) in [6.45, 7) is 5.10. The van der Waals surface area contributed by atoms with Crippen LogP contribution in [-0.2, 0) is 30.4 Å². The first kappa shape index (κ1) is 28.3. The number of para-hydroxylation sites is 1. The lowest BCUT2D eigenvalue weighted by Crippen LogP contribution is -2.59. The molecule has 0 aliphatic rings. The minimum atomic E-state index is -1.57. The van der Waals surface area contributed by atoms with Gasteiger partial charge in [-0.25, -0.2) is 4.79 Å². The summed E-state index contributed by atoms with van der Waals surface area (Å²) in [6.07, 6.45) is 1.64. The predicted molar refractivity (Wildman–Crippen MR) is 132 cm³/mol. The van der Waals surface area contributed by atoms with Gasteiger partial charge in [-0.2, -0.15) is 0 Å². The van der Waals surface area contributed by atoms with Crippen LogP contribution in [0.25, 0.3) is 10.9 Å². The molecule has 12 nitrogen and oxygen atoms in total. The molecule has 12 heteroatoms. The molecular formula is C24H34N6O6. The van der Waals surface area contributed by atoms with E-state index in [1.807, 2.05) is 31.2 Å². The van der Waals surface area contributed by atoms with Crippen LogP contribution in [0.3, 0.4) is 0 Å². The number of nitrogens with two attached hydrogens (primary N) is 2. The number of aromatic amines is 1. The lowest BCUT2D eigenvalue weighted by Gasteiger charge is -2.27. The average Bonchev–Trinajstić information content (AvgIpc) is 3.23. The molecule has 4 amide bonds. The van der Waals surface area contributed by atoms with Gasteiger partial charge in [-0.3, -0.25) is 19.2 Å². The molecule has 0 bridgehead atoms. The van der Waals surface area contributed by atoms with E-state index in [9.17, 15) is 29.1 Å². The summed E-state index contributed by atoms with van der Waals surface area (Å²) in [6, 6.07) is 2.74. The second-order valence-corrected chi connectivity index (χ2v) is 8.86. The average molecular weight is 503 g/mol. The molecule has 1 aromatic heterocycles. The van der Waals surface area contributed by atoms with E-state index in [1.54, 1.807) is 13.1 Å². The maximum atomic E-state index is 13.3. The summed E-state index contributed by atoms with van der Waals surface area (Å²) in [7, 11) is 0. The Bertz CT molecular complexity index is 1110. The molecular weight excluding hydrogens is 468 g/mol. The second kappa shape index (κ2) is 12.7. The first-order valence-corrected chi connectivity index (χ1v) is 11.7. The van der Waals surface area contributed by atoms with E-state index in [-0.39, 0.29) is 12.3 Å². The maximum Gasteiger partial charge on any atom is 0.326 e. The van der Waals surface area contributed by atoms with Gasteiger partial charge in [0.15, 0.2) is 0 Å². The highest BCUT2D eigenvalue weighted by atomic mass is 16.4. The predicted octanol–water partition coefficient (Wildman–Crippen LogP) is -0.482. The smallest absolute Gasteiger partial charge is 0.326 e. The van der Waals surface area contributed by atoms with Gasteiger partial charge in [0.2, 0.25) is 23.6 Å².